The number of aryl methyl sites for hydroxylation is 1. The van der Waals surface area contributed by atoms with Crippen molar-refractivity contribution in [3.8, 4) is 0 Å². The van der Waals surface area contributed by atoms with E-state index in [1.807, 2.05) is 13.0 Å². The van der Waals surface area contributed by atoms with Crippen LogP contribution in [0.2, 0.25) is 0 Å². The number of likely N-dealkylation sites (N-methyl/N-ethyl adjacent to an activating group) is 2. The van der Waals surface area contributed by atoms with Crippen LogP contribution in [0.5, 0.6) is 0 Å². The minimum atomic E-state index is -0.532. The highest BCUT2D eigenvalue weighted by Crippen LogP contribution is 2.06. The smallest absolute Gasteiger partial charge is 0.255 e. The zero-order valence-corrected chi connectivity index (χ0v) is 13.7. The summed E-state index contributed by atoms with van der Waals surface area (Å²) < 4.78 is 0. The van der Waals surface area contributed by atoms with Crippen molar-refractivity contribution in [1.29, 1.82) is 0 Å². The molecule has 1 aliphatic heterocycles. The third kappa shape index (κ3) is 4.76. The van der Waals surface area contributed by atoms with Gasteiger partial charge in [0.05, 0.1) is 11.7 Å². The van der Waals surface area contributed by atoms with E-state index in [0.717, 1.165) is 31.7 Å². The normalized spacial score (nSPS) is 18.2. The van der Waals surface area contributed by atoms with E-state index < -0.39 is 6.10 Å². The first-order valence-electron chi connectivity index (χ1n) is 7.72. The summed E-state index contributed by atoms with van der Waals surface area (Å²) >= 11 is 0. The van der Waals surface area contributed by atoms with Crippen LogP contribution >= 0.6 is 0 Å². The molecule has 1 unspecified atom stereocenters. The predicted molar refractivity (Wildman–Crippen MR) is 85.9 cm³/mol. The van der Waals surface area contributed by atoms with E-state index in [1.54, 1.807) is 24.3 Å². The molecule has 2 heterocycles. The van der Waals surface area contributed by atoms with E-state index in [4.69, 9.17) is 0 Å². The number of aromatic nitrogens is 1. The van der Waals surface area contributed by atoms with Crippen molar-refractivity contribution in [2.24, 2.45) is 0 Å². The molecule has 122 valence electrons. The molecule has 1 fully saturated rings. The molecule has 0 saturated carbocycles. The van der Waals surface area contributed by atoms with E-state index in [9.17, 15) is 9.90 Å². The lowest BCUT2D eigenvalue weighted by Crippen LogP contribution is -2.49. The maximum Gasteiger partial charge on any atom is 0.255 e. The van der Waals surface area contributed by atoms with Crippen LogP contribution in [0.25, 0.3) is 0 Å². The fraction of sp³-hybridized carbons (Fsp3) is 0.625. The zero-order chi connectivity index (χ0) is 16.1. The number of aliphatic hydroxyl groups is 1. The number of carbonyl (C=O) groups excluding carboxylic acids is 1. The van der Waals surface area contributed by atoms with Gasteiger partial charge >= 0.3 is 0 Å². The fourth-order valence-electron chi connectivity index (χ4n) is 2.68. The molecule has 22 heavy (non-hydrogen) atoms. The van der Waals surface area contributed by atoms with Gasteiger partial charge in [0.1, 0.15) is 0 Å². The Hall–Kier alpha value is -1.50. The highest BCUT2D eigenvalue weighted by Gasteiger charge is 2.20. The summed E-state index contributed by atoms with van der Waals surface area (Å²) in [5.74, 6) is -0.103. The first-order valence-corrected chi connectivity index (χ1v) is 7.72. The second-order valence-electron chi connectivity index (χ2n) is 6.19. The molecule has 1 saturated heterocycles. The van der Waals surface area contributed by atoms with Gasteiger partial charge in [-0.2, -0.15) is 0 Å². The number of β-amino-alcohol motifs (C(OH)–C–C–N with tert-alkyl or cyclic N) is 1. The molecule has 1 aromatic heterocycles. The Bertz CT molecular complexity index is 501. The first-order chi connectivity index (χ1) is 10.5. The van der Waals surface area contributed by atoms with E-state index in [0.29, 0.717) is 18.7 Å². The lowest BCUT2D eigenvalue weighted by Gasteiger charge is -2.34. The molecule has 0 aliphatic carbocycles. The van der Waals surface area contributed by atoms with Crippen LogP contribution in [0, 0.1) is 6.92 Å². The minimum Gasteiger partial charge on any atom is -0.390 e. The van der Waals surface area contributed by atoms with Crippen LogP contribution in [0.1, 0.15) is 15.9 Å². The number of amides is 1. The Morgan fingerprint density at radius 3 is 2.68 bits per heavy atom. The van der Waals surface area contributed by atoms with Gasteiger partial charge in [-0.1, -0.05) is 0 Å². The van der Waals surface area contributed by atoms with Crippen molar-refractivity contribution >= 4 is 5.91 Å². The van der Waals surface area contributed by atoms with E-state index in [-0.39, 0.29) is 5.91 Å². The summed E-state index contributed by atoms with van der Waals surface area (Å²) in [4.78, 5) is 22.5. The Kier molecular flexibility index (Phi) is 5.88. The lowest BCUT2D eigenvalue weighted by molar-refractivity contribution is 0.0501. The summed E-state index contributed by atoms with van der Waals surface area (Å²) in [5.41, 5.74) is 1.52. The second-order valence-corrected chi connectivity index (χ2v) is 6.19. The van der Waals surface area contributed by atoms with Crippen molar-refractivity contribution < 1.29 is 9.90 Å². The number of nitrogens with zero attached hydrogens (tertiary/aromatic N) is 4. The molecule has 1 amide bonds. The predicted octanol–water partition coefficient (Wildman–Crippen LogP) is 0.0703. The van der Waals surface area contributed by atoms with E-state index in [2.05, 4.69) is 21.8 Å². The van der Waals surface area contributed by atoms with Gasteiger partial charge in [-0.25, -0.2) is 0 Å². The van der Waals surface area contributed by atoms with Crippen LogP contribution in [0.3, 0.4) is 0 Å². The van der Waals surface area contributed by atoms with E-state index >= 15 is 0 Å². The van der Waals surface area contributed by atoms with Gasteiger partial charge in [0, 0.05) is 58.7 Å². The summed E-state index contributed by atoms with van der Waals surface area (Å²) in [6.45, 7) is 6.83. The van der Waals surface area contributed by atoms with Crippen LogP contribution in [0.4, 0.5) is 0 Å². The van der Waals surface area contributed by atoms with Crippen molar-refractivity contribution in [3.63, 3.8) is 0 Å². The van der Waals surface area contributed by atoms with Gasteiger partial charge in [0.15, 0.2) is 0 Å². The molecule has 1 atom stereocenters. The molecule has 1 N–H and O–H groups in total. The Balaban J connectivity index is 1.83. The average molecular weight is 306 g/mol. The maximum atomic E-state index is 12.3. The van der Waals surface area contributed by atoms with E-state index in [1.165, 1.54) is 0 Å². The van der Waals surface area contributed by atoms with Crippen LogP contribution < -0.4 is 0 Å². The number of rotatable bonds is 5. The monoisotopic (exact) mass is 306 g/mol. The quantitative estimate of drug-likeness (QED) is 0.834. The minimum absolute atomic E-state index is 0.103. The summed E-state index contributed by atoms with van der Waals surface area (Å²) in [6, 6.07) is 1.82. The second kappa shape index (κ2) is 7.67. The Labute approximate surface area is 132 Å². The Morgan fingerprint density at radius 1 is 1.36 bits per heavy atom. The number of hydrogen-bond donors (Lipinski definition) is 1. The molecule has 0 bridgehead atoms. The van der Waals surface area contributed by atoms with Crippen LogP contribution in [0.15, 0.2) is 18.5 Å². The molecule has 1 aliphatic rings. The molecule has 0 radical (unpaired) electrons. The highest BCUT2D eigenvalue weighted by molar-refractivity contribution is 5.93. The topological polar surface area (TPSA) is 59.9 Å². The van der Waals surface area contributed by atoms with Gasteiger partial charge in [-0.3, -0.25) is 14.7 Å². The molecular formula is C16H26N4O2. The summed E-state index contributed by atoms with van der Waals surface area (Å²) in [5, 5.41) is 10.2. The average Bonchev–Trinajstić information content (AvgIpc) is 2.48. The third-order valence-corrected chi connectivity index (χ3v) is 4.02. The number of piperazine rings is 1. The third-order valence-electron chi connectivity index (χ3n) is 4.02. The largest absolute Gasteiger partial charge is 0.390 e. The molecule has 0 spiro atoms. The van der Waals surface area contributed by atoms with Gasteiger partial charge < -0.3 is 14.9 Å². The van der Waals surface area contributed by atoms with Gasteiger partial charge in [-0.05, 0) is 25.6 Å². The molecule has 6 heteroatoms. The Morgan fingerprint density at radius 2 is 2.05 bits per heavy atom. The number of aliphatic hydroxyl groups excluding tert-OH is 1. The van der Waals surface area contributed by atoms with Crippen molar-refractivity contribution in [2.75, 3.05) is 53.4 Å². The summed E-state index contributed by atoms with van der Waals surface area (Å²) in [6.07, 6.45) is 2.76. The molecule has 0 aromatic carbocycles. The molecule has 1 aromatic rings. The number of pyridine rings is 1. The SMILES string of the molecule is Cc1cncc(C(=O)N(C)CC(O)CN2CCN(C)CC2)c1. The van der Waals surface area contributed by atoms with Crippen LogP contribution in [-0.2, 0) is 0 Å². The number of hydrogen-bond acceptors (Lipinski definition) is 5. The molecule has 2 rings (SSSR count). The first kappa shape index (κ1) is 16.9. The van der Waals surface area contributed by atoms with Gasteiger partial charge in [0.2, 0.25) is 0 Å². The van der Waals surface area contributed by atoms with Crippen molar-refractivity contribution in [1.82, 2.24) is 19.7 Å². The van der Waals surface area contributed by atoms with Crippen molar-refractivity contribution in [3.05, 3.63) is 29.6 Å². The van der Waals surface area contributed by atoms with Crippen molar-refractivity contribution in [2.45, 2.75) is 13.0 Å². The zero-order valence-electron chi connectivity index (χ0n) is 13.7. The molecule has 6 nitrogen and oxygen atoms in total. The number of carbonyl (C=O) groups is 1. The van der Waals surface area contributed by atoms with Gasteiger partial charge in [-0.15, -0.1) is 0 Å². The lowest BCUT2D eigenvalue weighted by atomic mass is 10.2. The van der Waals surface area contributed by atoms with Crippen LogP contribution in [-0.4, -0.2) is 90.2 Å². The fourth-order valence-corrected chi connectivity index (χ4v) is 2.68. The standard InChI is InChI=1S/C16H26N4O2/c1-13-8-14(10-17-9-13)16(22)19(3)11-15(21)12-20-6-4-18(2)5-7-20/h8-10,15,21H,4-7,11-12H2,1-3H3. The summed E-state index contributed by atoms with van der Waals surface area (Å²) in [7, 11) is 3.83. The maximum absolute atomic E-state index is 12.3. The molecular weight excluding hydrogens is 280 g/mol. The highest BCUT2D eigenvalue weighted by atomic mass is 16.3. The van der Waals surface area contributed by atoms with Gasteiger partial charge in [0.25, 0.3) is 5.91 Å².